The van der Waals surface area contributed by atoms with Crippen molar-refractivity contribution in [1.82, 2.24) is 10.2 Å². The number of aliphatic hydroxyl groups excluding tert-OH is 1. The summed E-state index contributed by atoms with van der Waals surface area (Å²) >= 11 is 1.04. The third kappa shape index (κ3) is 4.49. The standard InChI is InChI=1S/C19H18F3N3O2S/c1-18(23,11-26)17-25-24-16(28-17)13-7-8-15(14(9-13)19(20,21)22)27-10-12-5-3-2-4-6-12/h2-9,26H,10-11,23H2,1H3/t18-/m0/s1. The lowest BCUT2D eigenvalue weighted by molar-refractivity contribution is -0.139. The summed E-state index contributed by atoms with van der Waals surface area (Å²) in [4.78, 5) is 0. The minimum atomic E-state index is -4.59. The fraction of sp³-hybridized carbons (Fsp3) is 0.263. The Hall–Kier alpha value is -2.49. The Morgan fingerprint density at radius 2 is 1.82 bits per heavy atom. The van der Waals surface area contributed by atoms with Gasteiger partial charge in [0.1, 0.15) is 22.4 Å². The highest BCUT2D eigenvalue weighted by Crippen LogP contribution is 2.40. The van der Waals surface area contributed by atoms with Crippen molar-refractivity contribution in [3.05, 3.63) is 64.7 Å². The molecule has 2 aromatic carbocycles. The fourth-order valence-electron chi connectivity index (χ4n) is 2.38. The molecule has 3 rings (SSSR count). The number of hydrogen-bond acceptors (Lipinski definition) is 6. The minimum absolute atomic E-state index is 0.0221. The molecule has 0 spiro atoms. The second-order valence-corrected chi connectivity index (χ2v) is 7.45. The van der Waals surface area contributed by atoms with Gasteiger partial charge in [0.15, 0.2) is 0 Å². The summed E-state index contributed by atoms with van der Waals surface area (Å²) in [5, 5.41) is 17.7. The van der Waals surface area contributed by atoms with E-state index in [4.69, 9.17) is 10.5 Å². The molecule has 0 amide bonds. The number of alkyl halides is 3. The number of halogens is 3. The van der Waals surface area contributed by atoms with Gasteiger partial charge < -0.3 is 15.6 Å². The number of hydrogen-bond donors (Lipinski definition) is 2. The average molecular weight is 409 g/mol. The first-order valence-corrected chi connectivity index (χ1v) is 9.14. The summed E-state index contributed by atoms with van der Waals surface area (Å²) in [6.45, 7) is 1.23. The maximum Gasteiger partial charge on any atom is 0.419 e. The Labute approximate surface area is 163 Å². The fourth-order valence-corrected chi connectivity index (χ4v) is 3.27. The van der Waals surface area contributed by atoms with Crippen molar-refractivity contribution in [3.8, 4) is 16.3 Å². The van der Waals surface area contributed by atoms with Gasteiger partial charge in [-0.05, 0) is 30.7 Å². The highest BCUT2D eigenvalue weighted by atomic mass is 32.1. The number of rotatable bonds is 6. The van der Waals surface area contributed by atoms with Gasteiger partial charge in [-0.15, -0.1) is 10.2 Å². The van der Waals surface area contributed by atoms with Gasteiger partial charge in [0.25, 0.3) is 0 Å². The van der Waals surface area contributed by atoms with Gasteiger partial charge in [0, 0.05) is 5.56 Å². The van der Waals surface area contributed by atoms with Crippen LogP contribution in [0, 0.1) is 0 Å². The molecule has 1 atom stereocenters. The first-order chi connectivity index (χ1) is 13.2. The quantitative estimate of drug-likeness (QED) is 0.644. The average Bonchev–Trinajstić information content (AvgIpc) is 3.17. The molecule has 0 saturated heterocycles. The van der Waals surface area contributed by atoms with Crippen LogP contribution in [0.3, 0.4) is 0 Å². The summed E-state index contributed by atoms with van der Waals surface area (Å²) in [5.41, 5.74) is 4.91. The smallest absolute Gasteiger partial charge is 0.419 e. The van der Waals surface area contributed by atoms with Crippen molar-refractivity contribution in [1.29, 1.82) is 0 Å². The van der Waals surface area contributed by atoms with E-state index < -0.39 is 17.3 Å². The molecule has 0 aliphatic rings. The molecular weight excluding hydrogens is 391 g/mol. The van der Waals surface area contributed by atoms with E-state index in [0.717, 1.165) is 23.0 Å². The van der Waals surface area contributed by atoms with Crippen LogP contribution in [0.2, 0.25) is 0 Å². The van der Waals surface area contributed by atoms with Crippen molar-refractivity contribution < 1.29 is 23.0 Å². The molecule has 0 saturated carbocycles. The molecule has 28 heavy (non-hydrogen) atoms. The molecule has 1 aromatic heterocycles. The highest BCUT2D eigenvalue weighted by Gasteiger charge is 2.35. The van der Waals surface area contributed by atoms with E-state index in [1.54, 1.807) is 31.2 Å². The predicted molar refractivity (Wildman–Crippen MR) is 99.7 cm³/mol. The van der Waals surface area contributed by atoms with Gasteiger partial charge >= 0.3 is 6.18 Å². The van der Waals surface area contributed by atoms with Crippen LogP contribution in [0.25, 0.3) is 10.6 Å². The van der Waals surface area contributed by atoms with E-state index >= 15 is 0 Å². The van der Waals surface area contributed by atoms with Gasteiger partial charge in [-0.2, -0.15) is 13.2 Å². The van der Waals surface area contributed by atoms with E-state index in [9.17, 15) is 18.3 Å². The summed E-state index contributed by atoms with van der Waals surface area (Å²) in [6.07, 6.45) is -4.59. The normalized spacial score (nSPS) is 13.9. The Morgan fingerprint density at radius 1 is 1.11 bits per heavy atom. The Kier molecular flexibility index (Phi) is 5.69. The van der Waals surface area contributed by atoms with Crippen molar-refractivity contribution in [2.75, 3.05) is 6.61 Å². The van der Waals surface area contributed by atoms with Crippen LogP contribution in [-0.4, -0.2) is 21.9 Å². The third-order valence-corrected chi connectivity index (χ3v) is 5.26. The minimum Gasteiger partial charge on any atom is -0.488 e. The summed E-state index contributed by atoms with van der Waals surface area (Å²) in [7, 11) is 0. The molecule has 3 N–H and O–H groups in total. The van der Waals surface area contributed by atoms with Crippen LogP contribution in [0.5, 0.6) is 5.75 Å². The third-order valence-electron chi connectivity index (χ3n) is 4.01. The molecular formula is C19H18F3N3O2S. The number of nitrogens with zero attached hydrogens (tertiary/aromatic N) is 2. The monoisotopic (exact) mass is 409 g/mol. The molecule has 148 valence electrons. The molecule has 0 radical (unpaired) electrons. The maximum absolute atomic E-state index is 13.6. The molecule has 0 bridgehead atoms. The molecule has 0 fully saturated rings. The van der Waals surface area contributed by atoms with E-state index in [1.165, 1.54) is 12.1 Å². The van der Waals surface area contributed by atoms with Gasteiger partial charge in [-0.3, -0.25) is 0 Å². The molecule has 5 nitrogen and oxygen atoms in total. The maximum atomic E-state index is 13.6. The topological polar surface area (TPSA) is 81.3 Å². The van der Waals surface area contributed by atoms with Crippen LogP contribution in [0.15, 0.2) is 48.5 Å². The van der Waals surface area contributed by atoms with Gasteiger partial charge in [0.05, 0.1) is 17.7 Å². The lowest BCUT2D eigenvalue weighted by atomic mass is 10.1. The predicted octanol–water partition coefficient (Wildman–Crippen LogP) is 3.97. The van der Waals surface area contributed by atoms with Crippen LogP contribution in [0.4, 0.5) is 13.2 Å². The number of aliphatic hydroxyl groups is 1. The molecule has 0 aliphatic carbocycles. The Balaban J connectivity index is 1.91. The van der Waals surface area contributed by atoms with Crippen LogP contribution in [-0.2, 0) is 18.3 Å². The van der Waals surface area contributed by atoms with Gasteiger partial charge in [-0.25, -0.2) is 0 Å². The molecule has 0 aliphatic heterocycles. The number of nitrogens with two attached hydrogens (primary N) is 1. The zero-order chi connectivity index (χ0) is 20.4. The van der Waals surface area contributed by atoms with E-state index in [1.807, 2.05) is 6.07 Å². The molecule has 1 heterocycles. The Morgan fingerprint density at radius 3 is 2.46 bits per heavy atom. The summed E-state index contributed by atoms with van der Waals surface area (Å²) < 4.78 is 46.1. The summed E-state index contributed by atoms with van der Waals surface area (Å²) in [5.74, 6) is -0.260. The molecule has 3 aromatic rings. The van der Waals surface area contributed by atoms with Crippen molar-refractivity contribution >= 4 is 11.3 Å². The molecule has 0 unspecified atom stereocenters. The van der Waals surface area contributed by atoms with Crippen LogP contribution >= 0.6 is 11.3 Å². The van der Waals surface area contributed by atoms with Gasteiger partial charge in [0.2, 0.25) is 0 Å². The SMILES string of the molecule is C[C@](N)(CO)c1nnc(-c2ccc(OCc3ccccc3)c(C(F)(F)F)c2)s1. The number of ether oxygens (including phenoxy) is 1. The van der Waals surface area contributed by atoms with Crippen LogP contribution < -0.4 is 10.5 Å². The van der Waals surface area contributed by atoms with Crippen molar-refractivity contribution in [3.63, 3.8) is 0 Å². The Bertz CT molecular complexity index is 943. The molecule has 9 heteroatoms. The lowest BCUT2D eigenvalue weighted by Crippen LogP contribution is -2.36. The zero-order valence-electron chi connectivity index (χ0n) is 14.9. The number of aromatic nitrogens is 2. The largest absolute Gasteiger partial charge is 0.488 e. The van der Waals surface area contributed by atoms with E-state index in [0.29, 0.717) is 5.01 Å². The second kappa shape index (κ2) is 7.86. The number of benzene rings is 2. The van der Waals surface area contributed by atoms with Crippen LogP contribution in [0.1, 0.15) is 23.1 Å². The summed E-state index contributed by atoms with van der Waals surface area (Å²) in [6, 6.07) is 12.7. The van der Waals surface area contributed by atoms with E-state index in [-0.39, 0.29) is 29.5 Å². The first-order valence-electron chi connectivity index (χ1n) is 8.33. The lowest BCUT2D eigenvalue weighted by Gasteiger charge is -2.17. The highest BCUT2D eigenvalue weighted by molar-refractivity contribution is 7.14. The van der Waals surface area contributed by atoms with Crippen molar-refractivity contribution in [2.24, 2.45) is 5.73 Å². The van der Waals surface area contributed by atoms with E-state index in [2.05, 4.69) is 10.2 Å². The van der Waals surface area contributed by atoms with Gasteiger partial charge in [-0.1, -0.05) is 41.7 Å². The first kappa shape index (κ1) is 20.2. The second-order valence-electron chi connectivity index (χ2n) is 6.47. The van der Waals surface area contributed by atoms with Crippen molar-refractivity contribution in [2.45, 2.75) is 25.2 Å². The zero-order valence-corrected chi connectivity index (χ0v) is 15.7.